The first-order valence-electron chi connectivity index (χ1n) is 8.53. The largest absolute Gasteiger partial charge is 0.335 e. The fraction of sp³-hybridized carbons (Fsp3) is 0.471. The summed E-state index contributed by atoms with van der Waals surface area (Å²) >= 11 is 0. The third kappa shape index (κ3) is 4.62. The van der Waals surface area contributed by atoms with Gasteiger partial charge in [0.05, 0.1) is 0 Å². The van der Waals surface area contributed by atoms with E-state index in [-0.39, 0.29) is 12.6 Å². The second-order valence-corrected chi connectivity index (χ2v) is 6.37. The SMILES string of the molecule is CC1CCCCC1NC(=O)NC(=O)Cn1cnc(-c2ccccn2)n1. The zero-order valence-electron chi connectivity index (χ0n) is 14.2. The predicted molar refractivity (Wildman–Crippen MR) is 91.3 cm³/mol. The van der Waals surface area contributed by atoms with Crippen LogP contribution in [0.25, 0.3) is 11.5 Å². The number of urea groups is 1. The van der Waals surface area contributed by atoms with Crippen molar-refractivity contribution in [2.45, 2.75) is 45.2 Å². The van der Waals surface area contributed by atoms with Crippen molar-refractivity contribution in [1.82, 2.24) is 30.4 Å². The first kappa shape index (κ1) is 17.1. The summed E-state index contributed by atoms with van der Waals surface area (Å²) in [6.07, 6.45) is 7.47. The molecule has 3 amide bonds. The molecule has 8 nitrogen and oxygen atoms in total. The van der Waals surface area contributed by atoms with Gasteiger partial charge in [-0.1, -0.05) is 25.8 Å². The zero-order valence-corrected chi connectivity index (χ0v) is 14.2. The number of hydrogen-bond donors (Lipinski definition) is 2. The minimum absolute atomic E-state index is 0.0759. The van der Waals surface area contributed by atoms with Gasteiger partial charge < -0.3 is 5.32 Å². The molecular weight excluding hydrogens is 320 g/mol. The van der Waals surface area contributed by atoms with Crippen molar-refractivity contribution in [2.24, 2.45) is 5.92 Å². The number of hydrogen-bond acceptors (Lipinski definition) is 5. The highest BCUT2D eigenvalue weighted by Gasteiger charge is 2.23. The Balaban J connectivity index is 1.51. The van der Waals surface area contributed by atoms with Crippen LogP contribution in [0.3, 0.4) is 0 Å². The Kier molecular flexibility index (Phi) is 5.37. The number of amides is 3. The van der Waals surface area contributed by atoms with Crippen LogP contribution < -0.4 is 10.6 Å². The summed E-state index contributed by atoms with van der Waals surface area (Å²) in [5.74, 6) is 0.443. The maximum atomic E-state index is 12.0. The van der Waals surface area contributed by atoms with Gasteiger partial charge in [0.2, 0.25) is 5.91 Å². The predicted octanol–water partition coefficient (Wildman–Crippen LogP) is 1.74. The van der Waals surface area contributed by atoms with Crippen molar-refractivity contribution in [1.29, 1.82) is 0 Å². The lowest BCUT2D eigenvalue weighted by Gasteiger charge is -2.29. The van der Waals surface area contributed by atoms with Crippen LogP contribution in [-0.2, 0) is 11.3 Å². The van der Waals surface area contributed by atoms with Gasteiger partial charge in [0.15, 0.2) is 5.82 Å². The molecule has 2 N–H and O–H groups in total. The average molecular weight is 342 g/mol. The number of aromatic nitrogens is 4. The van der Waals surface area contributed by atoms with E-state index < -0.39 is 11.9 Å². The van der Waals surface area contributed by atoms with E-state index in [1.54, 1.807) is 18.3 Å². The molecule has 1 saturated carbocycles. The average Bonchev–Trinajstić information content (AvgIpc) is 3.06. The van der Waals surface area contributed by atoms with E-state index in [2.05, 4.69) is 32.6 Å². The molecule has 0 bridgehead atoms. The van der Waals surface area contributed by atoms with E-state index in [9.17, 15) is 9.59 Å². The smallest absolute Gasteiger partial charge is 0.321 e. The first-order valence-corrected chi connectivity index (χ1v) is 8.53. The summed E-state index contributed by atoms with van der Waals surface area (Å²) in [5, 5.41) is 9.45. The minimum Gasteiger partial charge on any atom is -0.335 e. The molecule has 0 aromatic carbocycles. The normalized spacial score (nSPS) is 20.0. The molecule has 8 heteroatoms. The second kappa shape index (κ2) is 7.87. The molecule has 2 heterocycles. The molecule has 1 fully saturated rings. The number of rotatable bonds is 4. The lowest BCUT2D eigenvalue weighted by atomic mass is 9.86. The zero-order chi connectivity index (χ0) is 17.6. The van der Waals surface area contributed by atoms with Crippen LogP contribution in [0, 0.1) is 5.92 Å². The van der Waals surface area contributed by atoms with Gasteiger partial charge in [-0.3, -0.25) is 15.1 Å². The fourth-order valence-electron chi connectivity index (χ4n) is 3.03. The van der Waals surface area contributed by atoms with Crippen molar-refractivity contribution in [3.63, 3.8) is 0 Å². The lowest BCUT2D eigenvalue weighted by Crippen LogP contribution is -2.48. The van der Waals surface area contributed by atoms with Gasteiger partial charge in [0, 0.05) is 12.2 Å². The topological polar surface area (TPSA) is 102 Å². The summed E-state index contributed by atoms with van der Waals surface area (Å²) in [7, 11) is 0. The first-order chi connectivity index (χ1) is 12.1. The maximum absolute atomic E-state index is 12.0. The van der Waals surface area contributed by atoms with Crippen molar-refractivity contribution in [3.8, 4) is 11.5 Å². The van der Waals surface area contributed by atoms with Crippen molar-refractivity contribution >= 4 is 11.9 Å². The number of carbonyl (C=O) groups excluding carboxylic acids is 2. The Morgan fingerprint density at radius 1 is 1.24 bits per heavy atom. The van der Waals surface area contributed by atoms with Crippen molar-refractivity contribution in [2.75, 3.05) is 0 Å². The van der Waals surface area contributed by atoms with Gasteiger partial charge in [-0.05, 0) is 30.9 Å². The Bertz CT molecular complexity index is 730. The minimum atomic E-state index is -0.450. The van der Waals surface area contributed by atoms with Gasteiger partial charge in [0.1, 0.15) is 18.6 Å². The molecule has 0 radical (unpaired) electrons. The number of nitrogens with one attached hydrogen (secondary N) is 2. The van der Waals surface area contributed by atoms with Crippen LogP contribution in [0.2, 0.25) is 0 Å². The summed E-state index contributed by atoms with van der Waals surface area (Å²) in [6.45, 7) is 2.05. The monoisotopic (exact) mass is 342 g/mol. The third-order valence-electron chi connectivity index (χ3n) is 4.42. The molecule has 1 aliphatic rings. The molecule has 2 aromatic rings. The molecular formula is C17H22N6O2. The van der Waals surface area contributed by atoms with Crippen LogP contribution in [0.5, 0.6) is 0 Å². The summed E-state index contributed by atoms with van der Waals surface area (Å²) in [6, 6.07) is 5.11. The molecule has 25 heavy (non-hydrogen) atoms. The lowest BCUT2D eigenvalue weighted by molar-refractivity contribution is -0.120. The molecule has 2 atom stereocenters. The van der Waals surface area contributed by atoms with Gasteiger partial charge >= 0.3 is 6.03 Å². The molecule has 3 rings (SSSR count). The van der Waals surface area contributed by atoms with Crippen LogP contribution in [0.4, 0.5) is 4.79 Å². The molecule has 0 saturated heterocycles. The molecule has 0 aliphatic heterocycles. The molecule has 0 spiro atoms. The summed E-state index contributed by atoms with van der Waals surface area (Å²) < 4.78 is 1.38. The number of nitrogens with zero attached hydrogens (tertiary/aromatic N) is 4. The quantitative estimate of drug-likeness (QED) is 0.881. The number of pyridine rings is 1. The molecule has 2 aromatic heterocycles. The van der Waals surface area contributed by atoms with Gasteiger partial charge in [-0.15, -0.1) is 5.10 Å². The van der Waals surface area contributed by atoms with Crippen molar-refractivity contribution < 1.29 is 9.59 Å². The fourth-order valence-corrected chi connectivity index (χ4v) is 3.03. The highest BCUT2D eigenvalue weighted by molar-refractivity contribution is 5.94. The van der Waals surface area contributed by atoms with Crippen molar-refractivity contribution in [3.05, 3.63) is 30.7 Å². The molecule has 132 valence electrons. The Hall–Kier alpha value is -2.77. The Labute approximate surface area is 146 Å². The standard InChI is InChI=1S/C17H22N6O2/c1-12-6-2-3-7-13(12)20-17(25)21-15(24)10-23-11-19-16(22-23)14-8-4-5-9-18-14/h4-5,8-9,11-13H,2-3,6-7,10H2,1H3,(H2,20,21,24,25). The highest BCUT2D eigenvalue weighted by Crippen LogP contribution is 2.23. The van der Waals surface area contributed by atoms with Crippen LogP contribution in [-0.4, -0.2) is 37.7 Å². The Morgan fingerprint density at radius 2 is 2.08 bits per heavy atom. The number of carbonyl (C=O) groups is 2. The molecule has 1 aliphatic carbocycles. The van der Waals surface area contributed by atoms with E-state index in [0.29, 0.717) is 17.4 Å². The molecule has 2 unspecified atom stereocenters. The van der Waals surface area contributed by atoms with Gasteiger partial charge in [0.25, 0.3) is 0 Å². The van der Waals surface area contributed by atoms with E-state index in [1.165, 1.54) is 17.4 Å². The van der Waals surface area contributed by atoms with Gasteiger partial charge in [-0.25, -0.2) is 14.5 Å². The third-order valence-corrected chi connectivity index (χ3v) is 4.42. The second-order valence-electron chi connectivity index (χ2n) is 6.37. The maximum Gasteiger partial charge on any atom is 0.321 e. The van der Waals surface area contributed by atoms with E-state index >= 15 is 0 Å². The van der Waals surface area contributed by atoms with Crippen LogP contribution >= 0.6 is 0 Å². The van der Waals surface area contributed by atoms with E-state index in [4.69, 9.17) is 0 Å². The van der Waals surface area contributed by atoms with E-state index in [0.717, 1.165) is 19.3 Å². The summed E-state index contributed by atoms with van der Waals surface area (Å²) in [4.78, 5) is 32.3. The highest BCUT2D eigenvalue weighted by atomic mass is 16.2. The Morgan fingerprint density at radius 3 is 2.84 bits per heavy atom. The van der Waals surface area contributed by atoms with Crippen LogP contribution in [0.1, 0.15) is 32.6 Å². The van der Waals surface area contributed by atoms with E-state index in [1.807, 2.05) is 6.07 Å². The summed E-state index contributed by atoms with van der Waals surface area (Å²) in [5.41, 5.74) is 0.630. The number of imide groups is 1. The van der Waals surface area contributed by atoms with Gasteiger partial charge in [-0.2, -0.15) is 0 Å². The van der Waals surface area contributed by atoms with Crippen LogP contribution in [0.15, 0.2) is 30.7 Å².